The predicted octanol–water partition coefficient (Wildman–Crippen LogP) is 3.94. The molecule has 0 aliphatic rings. The average molecular weight is 360 g/mol. The SMILES string of the molecule is O=CN(OCc1ccccc1)c1ccc[c]c1C(=O)OCc1ccccc1. The van der Waals surface area contributed by atoms with Crippen LogP contribution in [0.3, 0.4) is 0 Å². The van der Waals surface area contributed by atoms with Crippen molar-refractivity contribution in [3.8, 4) is 0 Å². The van der Waals surface area contributed by atoms with Gasteiger partial charge >= 0.3 is 5.97 Å². The number of anilines is 1. The molecule has 0 aliphatic heterocycles. The van der Waals surface area contributed by atoms with E-state index in [-0.39, 0.29) is 24.5 Å². The fourth-order valence-corrected chi connectivity index (χ4v) is 2.45. The Morgan fingerprint density at radius 2 is 1.52 bits per heavy atom. The minimum atomic E-state index is -0.579. The van der Waals surface area contributed by atoms with Crippen LogP contribution in [-0.2, 0) is 27.6 Å². The summed E-state index contributed by atoms with van der Waals surface area (Å²) in [6.45, 7) is 0.320. The van der Waals surface area contributed by atoms with Gasteiger partial charge in [0.1, 0.15) is 13.2 Å². The first-order valence-corrected chi connectivity index (χ1v) is 8.41. The van der Waals surface area contributed by atoms with Crippen LogP contribution in [0.5, 0.6) is 0 Å². The van der Waals surface area contributed by atoms with E-state index in [0.29, 0.717) is 6.41 Å². The highest BCUT2D eigenvalue weighted by molar-refractivity contribution is 5.97. The zero-order valence-corrected chi connectivity index (χ0v) is 14.6. The molecule has 0 N–H and O–H groups in total. The molecule has 0 bridgehead atoms. The molecule has 0 saturated carbocycles. The molecule has 0 aromatic heterocycles. The van der Waals surface area contributed by atoms with Crippen LogP contribution in [0.2, 0.25) is 0 Å². The van der Waals surface area contributed by atoms with E-state index < -0.39 is 5.97 Å². The summed E-state index contributed by atoms with van der Waals surface area (Å²) in [5.41, 5.74) is 2.18. The Kier molecular flexibility index (Phi) is 6.33. The van der Waals surface area contributed by atoms with Crippen LogP contribution in [0.1, 0.15) is 21.5 Å². The van der Waals surface area contributed by atoms with Gasteiger partial charge in [-0.2, -0.15) is 5.06 Å². The van der Waals surface area contributed by atoms with Crippen molar-refractivity contribution >= 4 is 18.1 Å². The van der Waals surface area contributed by atoms with E-state index in [0.717, 1.165) is 16.2 Å². The Bertz CT molecular complexity index is 881. The van der Waals surface area contributed by atoms with Gasteiger partial charge < -0.3 is 4.74 Å². The number of esters is 1. The molecule has 3 rings (SSSR count). The number of rotatable bonds is 8. The number of hydrogen-bond donors (Lipinski definition) is 0. The smallest absolute Gasteiger partial charge is 0.341 e. The lowest BCUT2D eigenvalue weighted by atomic mass is 10.1. The standard InChI is InChI=1S/C22H18NO4/c24-17-23(27-16-19-11-5-2-6-12-19)21-14-8-7-13-20(21)22(25)26-15-18-9-3-1-4-10-18/h1-12,14,17H,15-16H2. The first-order chi connectivity index (χ1) is 13.3. The number of amides is 1. The molecule has 27 heavy (non-hydrogen) atoms. The van der Waals surface area contributed by atoms with Gasteiger partial charge in [-0.15, -0.1) is 0 Å². The number of ether oxygens (including phenoxy) is 1. The average Bonchev–Trinajstić information content (AvgIpc) is 2.74. The van der Waals surface area contributed by atoms with E-state index in [4.69, 9.17) is 9.57 Å². The summed E-state index contributed by atoms with van der Waals surface area (Å²) in [7, 11) is 0. The number of carbonyl (C=O) groups excluding carboxylic acids is 2. The number of hydroxylamine groups is 1. The van der Waals surface area contributed by atoms with Crippen LogP contribution in [0.15, 0.2) is 78.9 Å². The fourth-order valence-electron chi connectivity index (χ4n) is 2.45. The van der Waals surface area contributed by atoms with Gasteiger partial charge in [0.25, 0.3) is 0 Å². The molecule has 0 saturated heterocycles. The predicted molar refractivity (Wildman–Crippen MR) is 101 cm³/mol. The summed E-state index contributed by atoms with van der Waals surface area (Å²) in [6, 6.07) is 26.5. The summed E-state index contributed by atoms with van der Waals surface area (Å²) in [6.07, 6.45) is 0.514. The summed E-state index contributed by atoms with van der Waals surface area (Å²) in [5.74, 6) is -0.579. The third-order valence-corrected chi connectivity index (χ3v) is 3.80. The van der Waals surface area contributed by atoms with Crippen molar-refractivity contribution in [1.29, 1.82) is 0 Å². The van der Waals surface area contributed by atoms with Crippen LogP contribution < -0.4 is 5.06 Å². The Balaban J connectivity index is 1.71. The van der Waals surface area contributed by atoms with Crippen molar-refractivity contribution in [2.45, 2.75) is 13.2 Å². The van der Waals surface area contributed by atoms with E-state index in [1.165, 1.54) is 0 Å². The van der Waals surface area contributed by atoms with Crippen molar-refractivity contribution < 1.29 is 19.2 Å². The first-order valence-electron chi connectivity index (χ1n) is 8.41. The van der Waals surface area contributed by atoms with E-state index in [1.807, 2.05) is 60.7 Å². The molecule has 0 aliphatic carbocycles. The molecular formula is C22H18NO4. The highest BCUT2D eigenvalue weighted by Gasteiger charge is 2.18. The molecule has 0 unspecified atom stereocenters. The second-order valence-corrected chi connectivity index (χ2v) is 5.68. The lowest BCUT2D eigenvalue weighted by Gasteiger charge is -2.19. The number of carbonyl (C=O) groups is 2. The van der Waals surface area contributed by atoms with E-state index in [2.05, 4.69) is 6.07 Å². The van der Waals surface area contributed by atoms with Crippen LogP contribution >= 0.6 is 0 Å². The van der Waals surface area contributed by atoms with E-state index in [1.54, 1.807) is 18.2 Å². The molecule has 0 heterocycles. The number of nitrogens with zero attached hydrogens (tertiary/aromatic N) is 1. The molecule has 3 aromatic rings. The molecule has 5 heteroatoms. The molecule has 0 atom stereocenters. The van der Waals surface area contributed by atoms with E-state index >= 15 is 0 Å². The highest BCUT2D eigenvalue weighted by Crippen LogP contribution is 2.21. The summed E-state index contributed by atoms with van der Waals surface area (Å²) in [4.78, 5) is 29.6. The Morgan fingerprint density at radius 1 is 0.889 bits per heavy atom. The summed E-state index contributed by atoms with van der Waals surface area (Å²) >= 11 is 0. The molecular weight excluding hydrogens is 342 g/mol. The van der Waals surface area contributed by atoms with Crippen LogP contribution in [0.4, 0.5) is 5.69 Å². The van der Waals surface area contributed by atoms with Gasteiger partial charge in [0.05, 0.1) is 11.3 Å². The van der Waals surface area contributed by atoms with Crippen molar-refractivity contribution in [3.05, 3.63) is 102 Å². The highest BCUT2D eigenvalue weighted by atomic mass is 16.7. The Hall–Kier alpha value is -3.44. The molecule has 5 nitrogen and oxygen atoms in total. The maximum atomic E-state index is 12.5. The van der Waals surface area contributed by atoms with Crippen molar-refractivity contribution in [2.75, 3.05) is 5.06 Å². The second-order valence-electron chi connectivity index (χ2n) is 5.68. The topological polar surface area (TPSA) is 55.8 Å². The first kappa shape index (κ1) is 18.4. The molecule has 3 aromatic carbocycles. The molecule has 135 valence electrons. The number of benzene rings is 3. The van der Waals surface area contributed by atoms with Gasteiger partial charge in [-0.05, 0) is 23.3 Å². The van der Waals surface area contributed by atoms with Crippen molar-refractivity contribution in [1.82, 2.24) is 0 Å². The molecule has 0 spiro atoms. The van der Waals surface area contributed by atoms with Gasteiger partial charge in [-0.1, -0.05) is 72.8 Å². The van der Waals surface area contributed by atoms with Gasteiger partial charge in [-0.25, -0.2) is 4.79 Å². The third-order valence-electron chi connectivity index (χ3n) is 3.80. The van der Waals surface area contributed by atoms with Gasteiger partial charge in [-0.3, -0.25) is 9.63 Å². The quantitative estimate of drug-likeness (QED) is 0.347. The molecule has 1 amide bonds. The normalized spacial score (nSPS) is 10.2. The maximum Gasteiger partial charge on any atom is 0.341 e. The minimum absolute atomic E-state index is 0.133. The largest absolute Gasteiger partial charge is 0.457 e. The zero-order valence-electron chi connectivity index (χ0n) is 14.6. The zero-order chi connectivity index (χ0) is 18.9. The molecule has 0 fully saturated rings. The van der Waals surface area contributed by atoms with Gasteiger partial charge in [0.15, 0.2) is 0 Å². The van der Waals surface area contributed by atoms with Gasteiger partial charge in [0.2, 0.25) is 6.41 Å². The lowest BCUT2D eigenvalue weighted by molar-refractivity contribution is -0.114. The van der Waals surface area contributed by atoms with Crippen molar-refractivity contribution in [3.63, 3.8) is 0 Å². The Labute approximate surface area is 157 Å². The minimum Gasteiger partial charge on any atom is -0.457 e. The van der Waals surface area contributed by atoms with E-state index in [9.17, 15) is 9.59 Å². The lowest BCUT2D eigenvalue weighted by Crippen LogP contribution is -2.24. The fraction of sp³-hybridized carbons (Fsp3) is 0.0909. The monoisotopic (exact) mass is 360 g/mol. The molecule has 1 radical (unpaired) electrons. The van der Waals surface area contributed by atoms with Crippen molar-refractivity contribution in [2.24, 2.45) is 0 Å². The summed E-state index contributed by atoms with van der Waals surface area (Å²) < 4.78 is 5.34. The van der Waals surface area contributed by atoms with Crippen LogP contribution in [-0.4, -0.2) is 12.4 Å². The van der Waals surface area contributed by atoms with Crippen LogP contribution in [0, 0.1) is 6.07 Å². The van der Waals surface area contributed by atoms with Crippen LogP contribution in [0.25, 0.3) is 0 Å². The summed E-state index contributed by atoms with van der Waals surface area (Å²) in [5, 5.41) is 1.02. The second kappa shape index (κ2) is 9.31. The van der Waals surface area contributed by atoms with Gasteiger partial charge in [0, 0.05) is 0 Å². The maximum absolute atomic E-state index is 12.5. The Morgan fingerprint density at radius 3 is 2.15 bits per heavy atom. The third kappa shape index (κ3) is 5.03. The number of hydrogen-bond acceptors (Lipinski definition) is 4.